The van der Waals surface area contributed by atoms with Gasteiger partial charge < -0.3 is 20.5 Å². The van der Waals surface area contributed by atoms with Gasteiger partial charge in [0.15, 0.2) is 6.61 Å². The standard InChI is InChI=1S/C16H23F3N2O3/c1-10(2)12(6-7-22)20-15(23)21-13-5-4-11(3)8-14(13)24-9-16(17,18)19/h4-5,8,10,12,22H,6-7,9H2,1-3H3,(H2,20,21,23). The highest BCUT2D eigenvalue weighted by molar-refractivity contribution is 5.91. The molecule has 0 saturated carbocycles. The van der Waals surface area contributed by atoms with Crippen molar-refractivity contribution in [2.45, 2.75) is 39.4 Å². The van der Waals surface area contributed by atoms with Crippen molar-refractivity contribution in [3.8, 4) is 5.75 Å². The molecule has 0 saturated heterocycles. The highest BCUT2D eigenvalue weighted by Gasteiger charge is 2.29. The van der Waals surface area contributed by atoms with E-state index in [9.17, 15) is 18.0 Å². The summed E-state index contributed by atoms with van der Waals surface area (Å²) in [6.07, 6.45) is -4.08. The number of alkyl halides is 3. The second kappa shape index (κ2) is 8.77. The minimum atomic E-state index is -4.47. The lowest BCUT2D eigenvalue weighted by Gasteiger charge is -2.22. The predicted molar refractivity (Wildman–Crippen MR) is 85.2 cm³/mol. The number of nitrogens with one attached hydrogen (secondary N) is 2. The molecule has 0 radical (unpaired) electrons. The van der Waals surface area contributed by atoms with Crippen molar-refractivity contribution in [3.05, 3.63) is 23.8 Å². The molecule has 1 aromatic carbocycles. The Morgan fingerprint density at radius 2 is 2.00 bits per heavy atom. The summed E-state index contributed by atoms with van der Waals surface area (Å²) in [6, 6.07) is 3.75. The number of anilines is 1. The maximum absolute atomic E-state index is 12.3. The van der Waals surface area contributed by atoms with E-state index in [0.29, 0.717) is 12.0 Å². The van der Waals surface area contributed by atoms with E-state index in [1.54, 1.807) is 13.0 Å². The number of hydrogen-bond donors (Lipinski definition) is 3. The van der Waals surface area contributed by atoms with Crippen LogP contribution < -0.4 is 15.4 Å². The normalized spacial score (nSPS) is 12.8. The molecule has 0 fully saturated rings. The zero-order chi connectivity index (χ0) is 18.3. The summed E-state index contributed by atoms with van der Waals surface area (Å²) in [4.78, 5) is 12.1. The molecule has 2 amide bonds. The van der Waals surface area contributed by atoms with Gasteiger partial charge in [-0.25, -0.2) is 4.79 Å². The summed E-state index contributed by atoms with van der Waals surface area (Å²) < 4.78 is 41.8. The van der Waals surface area contributed by atoms with Crippen LogP contribution in [0.5, 0.6) is 5.75 Å². The van der Waals surface area contributed by atoms with Crippen molar-refractivity contribution in [1.82, 2.24) is 5.32 Å². The Morgan fingerprint density at radius 1 is 1.33 bits per heavy atom. The number of aryl methyl sites for hydroxylation is 1. The first-order valence-corrected chi connectivity index (χ1v) is 7.61. The molecule has 1 rings (SSSR count). The zero-order valence-electron chi connectivity index (χ0n) is 13.9. The Bertz CT molecular complexity index is 548. The topological polar surface area (TPSA) is 70.6 Å². The average molecular weight is 348 g/mol. The summed E-state index contributed by atoms with van der Waals surface area (Å²) in [5.41, 5.74) is 0.854. The van der Waals surface area contributed by atoms with Gasteiger partial charge in [0.25, 0.3) is 0 Å². The number of carbonyl (C=O) groups is 1. The van der Waals surface area contributed by atoms with E-state index in [1.165, 1.54) is 12.1 Å². The molecule has 0 spiro atoms. The van der Waals surface area contributed by atoms with Crippen LogP contribution >= 0.6 is 0 Å². The van der Waals surface area contributed by atoms with Crippen LogP contribution in [0.15, 0.2) is 18.2 Å². The summed E-state index contributed by atoms with van der Waals surface area (Å²) in [5, 5.41) is 14.2. The molecule has 0 aliphatic rings. The number of amides is 2. The number of rotatable bonds is 7. The lowest BCUT2D eigenvalue weighted by atomic mass is 10.0. The molecule has 1 atom stereocenters. The second-order valence-electron chi connectivity index (χ2n) is 5.86. The van der Waals surface area contributed by atoms with Crippen LogP contribution in [-0.4, -0.2) is 36.6 Å². The fraction of sp³-hybridized carbons (Fsp3) is 0.562. The maximum Gasteiger partial charge on any atom is 0.422 e. The van der Waals surface area contributed by atoms with E-state index in [-0.39, 0.29) is 30.0 Å². The Hall–Kier alpha value is -1.96. The third kappa shape index (κ3) is 7.08. The van der Waals surface area contributed by atoms with Crippen LogP contribution in [-0.2, 0) is 0 Å². The maximum atomic E-state index is 12.3. The van der Waals surface area contributed by atoms with Crippen LogP contribution in [0.3, 0.4) is 0 Å². The first kappa shape index (κ1) is 20.1. The van der Waals surface area contributed by atoms with Gasteiger partial charge in [-0.2, -0.15) is 13.2 Å². The van der Waals surface area contributed by atoms with Crippen LogP contribution in [0.2, 0.25) is 0 Å². The largest absolute Gasteiger partial charge is 0.482 e. The van der Waals surface area contributed by atoms with Crippen LogP contribution in [0, 0.1) is 12.8 Å². The number of aliphatic hydroxyl groups excluding tert-OH is 1. The molecule has 0 aliphatic heterocycles. The zero-order valence-corrected chi connectivity index (χ0v) is 13.9. The van der Waals surface area contributed by atoms with Crippen LogP contribution in [0.1, 0.15) is 25.8 Å². The van der Waals surface area contributed by atoms with Gasteiger partial charge in [0, 0.05) is 12.6 Å². The van der Waals surface area contributed by atoms with Gasteiger partial charge in [-0.15, -0.1) is 0 Å². The highest BCUT2D eigenvalue weighted by atomic mass is 19.4. The number of carbonyl (C=O) groups excluding carboxylic acids is 1. The summed E-state index contributed by atoms with van der Waals surface area (Å²) in [6.45, 7) is 3.98. The van der Waals surface area contributed by atoms with E-state index in [1.807, 2.05) is 13.8 Å². The Balaban J connectivity index is 2.80. The molecule has 0 bridgehead atoms. The summed E-state index contributed by atoms with van der Waals surface area (Å²) in [7, 11) is 0. The molecule has 8 heteroatoms. The van der Waals surface area contributed by atoms with E-state index in [0.717, 1.165) is 0 Å². The SMILES string of the molecule is Cc1ccc(NC(=O)NC(CCO)C(C)C)c(OCC(F)(F)F)c1. The van der Waals surface area contributed by atoms with Gasteiger partial charge in [-0.1, -0.05) is 19.9 Å². The minimum Gasteiger partial charge on any atom is -0.482 e. The van der Waals surface area contributed by atoms with Crippen molar-refractivity contribution in [3.63, 3.8) is 0 Å². The third-order valence-electron chi connectivity index (χ3n) is 3.34. The lowest BCUT2D eigenvalue weighted by molar-refractivity contribution is -0.153. The molecule has 5 nitrogen and oxygen atoms in total. The van der Waals surface area contributed by atoms with Gasteiger partial charge >= 0.3 is 12.2 Å². The number of halogens is 3. The fourth-order valence-corrected chi connectivity index (χ4v) is 2.05. The van der Waals surface area contributed by atoms with E-state index >= 15 is 0 Å². The molecular weight excluding hydrogens is 325 g/mol. The van der Waals surface area contributed by atoms with Crippen molar-refractivity contribution in [1.29, 1.82) is 0 Å². The number of hydrogen-bond acceptors (Lipinski definition) is 3. The monoisotopic (exact) mass is 348 g/mol. The Kier molecular flexibility index (Phi) is 7.34. The first-order chi connectivity index (χ1) is 11.1. The van der Waals surface area contributed by atoms with Crippen LogP contribution in [0.25, 0.3) is 0 Å². The van der Waals surface area contributed by atoms with E-state index in [4.69, 9.17) is 9.84 Å². The molecule has 0 aromatic heterocycles. The van der Waals surface area contributed by atoms with Gasteiger partial charge in [0.05, 0.1) is 5.69 Å². The van der Waals surface area contributed by atoms with Gasteiger partial charge in [0.2, 0.25) is 0 Å². The second-order valence-corrected chi connectivity index (χ2v) is 5.86. The van der Waals surface area contributed by atoms with Gasteiger partial charge in [0.1, 0.15) is 5.75 Å². The fourth-order valence-electron chi connectivity index (χ4n) is 2.05. The van der Waals surface area contributed by atoms with Gasteiger partial charge in [-0.05, 0) is 37.0 Å². The predicted octanol–water partition coefficient (Wildman–Crippen LogP) is 3.46. The number of urea groups is 1. The van der Waals surface area contributed by atoms with E-state index in [2.05, 4.69) is 10.6 Å². The van der Waals surface area contributed by atoms with Crippen LogP contribution in [0.4, 0.5) is 23.7 Å². The van der Waals surface area contributed by atoms with Gasteiger partial charge in [-0.3, -0.25) is 0 Å². The quantitative estimate of drug-likeness (QED) is 0.707. The summed E-state index contributed by atoms with van der Waals surface area (Å²) >= 11 is 0. The van der Waals surface area contributed by atoms with E-state index < -0.39 is 18.8 Å². The van der Waals surface area contributed by atoms with Crippen molar-refractivity contribution < 1.29 is 27.8 Å². The third-order valence-corrected chi connectivity index (χ3v) is 3.34. The van der Waals surface area contributed by atoms with Crippen molar-refractivity contribution >= 4 is 11.7 Å². The van der Waals surface area contributed by atoms with Crippen molar-refractivity contribution in [2.24, 2.45) is 5.92 Å². The molecule has 136 valence electrons. The number of ether oxygens (including phenoxy) is 1. The first-order valence-electron chi connectivity index (χ1n) is 7.61. The smallest absolute Gasteiger partial charge is 0.422 e. The summed E-state index contributed by atoms with van der Waals surface area (Å²) in [5.74, 6) is 0.0487. The lowest BCUT2D eigenvalue weighted by Crippen LogP contribution is -2.41. The molecule has 0 heterocycles. The van der Waals surface area contributed by atoms with Crippen molar-refractivity contribution in [2.75, 3.05) is 18.5 Å². The molecule has 1 unspecified atom stereocenters. The molecule has 1 aromatic rings. The minimum absolute atomic E-state index is 0.0502. The molecular formula is C16H23F3N2O3. The number of benzene rings is 1. The number of aliphatic hydroxyl groups is 1. The molecule has 24 heavy (non-hydrogen) atoms. The highest BCUT2D eigenvalue weighted by Crippen LogP contribution is 2.28. The molecule has 3 N–H and O–H groups in total. The molecule has 0 aliphatic carbocycles. The Labute approximate surface area is 139 Å². The average Bonchev–Trinajstić information content (AvgIpc) is 2.46. The Morgan fingerprint density at radius 3 is 2.54 bits per heavy atom.